The molecule has 0 spiro atoms. The van der Waals surface area contributed by atoms with Crippen LogP contribution in [-0.2, 0) is 17.6 Å². The summed E-state index contributed by atoms with van der Waals surface area (Å²) in [6.07, 6.45) is 2.63. The third-order valence-electron chi connectivity index (χ3n) is 2.71. The zero-order valence-corrected chi connectivity index (χ0v) is 9.86. The lowest BCUT2D eigenvalue weighted by molar-refractivity contribution is -0.139. The molecule has 1 unspecified atom stereocenters. The van der Waals surface area contributed by atoms with Crippen LogP contribution in [0, 0.1) is 0 Å². The lowest BCUT2D eigenvalue weighted by Gasteiger charge is -2.14. The number of carbonyl (C=O) groups is 1. The smallest absolute Gasteiger partial charge is 0.321 e. The average molecular weight is 221 g/mol. The zero-order valence-electron chi connectivity index (χ0n) is 9.86. The second kappa shape index (κ2) is 6.28. The molecule has 0 aliphatic heterocycles. The molecule has 0 fully saturated rings. The van der Waals surface area contributed by atoms with Gasteiger partial charge >= 0.3 is 5.97 Å². The zero-order chi connectivity index (χ0) is 12.0. The van der Waals surface area contributed by atoms with Crippen LogP contribution in [0.1, 0.15) is 24.5 Å². The Bertz CT molecular complexity index is 350. The number of aryl methyl sites for hydroxylation is 1. The SMILES string of the molecule is CCCc1ccccc1CC(NC)C(=O)O. The molecule has 0 aliphatic carbocycles. The van der Waals surface area contributed by atoms with Gasteiger partial charge in [-0.05, 0) is 31.0 Å². The largest absolute Gasteiger partial charge is 0.480 e. The van der Waals surface area contributed by atoms with E-state index in [1.807, 2.05) is 18.2 Å². The first-order valence-electron chi connectivity index (χ1n) is 5.65. The van der Waals surface area contributed by atoms with Crippen molar-refractivity contribution in [2.75, 3.05) is 7.05 Å². The lowest BCUT2D eigenvalue weighted by Crippen LogP contribution is -2.36. The summed E-state index contributed by atoms with van der Waals surface area (Å²) in [4.78, 5) is 10.9. The van der Waals surface area contributed by atoms with E-state index < -0.39 is 12.0 Å². The molecule has 0 bridgehead atoms. The molecule has 0 aliphatic rings. The molecule has 0 heterocycles. The van der Waals surface area contributed by atoms with Gasteiger partial charge in [-0.3, -0.25) is 4.79 Å². The van der Waals surface area contributed by atoms with Crippen LogP contribution in [0.2, 0.25) is 0 Å². The van der Waals surface area contributed by atoms with E-state index in [2.05, 4.69) is 18.3 Å². The maximum atomic E-state index is 10.9. The van der Waals surface area contributed by atoms with E-state index in [0.29, 0.717) is 6.42 Å². The number of benzene rings is 1. The topological polar surface area (TPSA) is 49.3 Å². The fourth-order valence-corrected chi connectivity index (χ4v) is 1.80. The van der Waals surface area contributed by atoms with Crippen molar-refractivity contribution in [3.8, 4) is 0 Å². The van der Waals surface area contributed by atoms with Crippen LogP contribution in [0.4, 0.5) is 0 Å². The molecule has 3 nitrogen and oxygen atoms in total. The second-order valence-corrected chi connectivity index (χ2v) is 3.90. The predicted molar refractivity (Wildman–Crippen MR) is 64.6 cm³/mol. The minimum Gasteiger partial charge on any atom is -0.480 e. The van der Waals surface area contributed by atoms with E-state index >= 15 is 0 Å². The highest BCUT2D eigenvalue weighted by atomic mass is 16.4. The summed E-state index contributed by atoms with van der Waals surface area (Å²) in [6, 6.07) is 7.55. The number of carboxylic acids is 1. The fraction of sp³-hybridized carbons (Fsp3) is 0.462. The first kappa shape index (κ1) is 12.7. The molecular formula is C13H19NO2. The number of carboxylic acid groups (broad SMARTS) is 1. The molecule has 1 rings (SSSR count). The Labute approximate surface area is 96.5 Å². The third kappa shape index (κ3) is 3.35. The Morgan fingerprint density at radius 3 is 2.50 bits per heavy atom. The minimum absolute atomic E-state index is 0.502. The average Bonchev–Trinajstić information content (AvgIpc) is 2.27. The molecule has 0 aromatic heterocycles. The van der Waals surface area contributed by atoms with E-state index in [1.165, 1.54) is 5.56 Å². The van der Waals surface area contributed by atoms with Gasteiger partial charge in [0, 0.05) is 0 Å². The van der Waals surface area contributed by atoms with Gasteiger partial charge in [-0.15, -0.1) is 0 Å². The highest BCUT2D eigenvalue weighted by Gasteiger charge is 2.16. The molecular weight excluding hydrogens is 202 g/mol. The van der Waals surface area contributed by atoms with Crippen molar-refractivity contribution in [2.45, 2.75) is 32.2 Å². The van der Waals surface area contributed by atoms with Gasteiger partial charge < -0.3 is 10.4 Å². The Morgan fingerprint density at radius 1 is 1.38 bits per heavy atom. The van der Waals surface area contributed by atoms with Gasteiger partial charge in [0.1, 0.15) is 6.04 Å². The molecule has 88 valence electrons. The van der Waals surface area contributed by atoms with Crippen molar-refractivity contribution in [3.63, 3.8) is 0 Å². The van der Waals surface area contributed by atoms with Gasteiger partial charge in [0.2, 0.25) is 0 Å². The summed E-state index contributed by atoms with van der Waals surface area (Å²) < 4.78 is 0. The first-order valence-corrected chi connectivity index (χ1v) is 5.65. The van der Waals surface area contributed by atoms with Crippen LogP contribution in [0.25, 0.3) is 0 Å². The molecule has 1 aromatic carbocycles. The van der Waals surface area contributed by atoms with Crippen LogP contribution in [-0.4, -0.2) is 24.2 Å². The van der Waals surface area contributed by atoms with Gasteiger partial charge in [-0.2, -0.15) is 0 Å². The first-order chi connectivity index (χ1) is 7.69. The van der Waals surface area contributed by atoms with E-state index in [4.69, 9.17) is 5.11 Å². The summed E-state index contributed by atoms with van der Waals surface area (Å²) in [7, 11) is 1.68. The van der Waals surface area contributed by atoms with Crippen LogP contribution in [0.15, 0.2) is 24.3 Å². The van der Waals surface area contributed by atoms with Gasteiger partial charge in [-0.25, -0.2) is 0 Å². The summed E-state index contributed by atoms with van der Waals surface area (Å²) in [5.41, 5.74) is 2.39. The van der Waals surface area contributed by atoms with E-state index in [-0.39, 0.29) is 0 Å². The van der Waals surface area contributed by atoms with Gasteiger partial charge in [0.15, 0.2) is 0 Å². The number of rotatable bonds is 6. The van der Waals surface area contributed by atoms with Crippen LogP contribution >= 0.6 is 0 Å². The second-order valence-electron chi connectivity index (χ2n) is 3.90. The van der Waals surface area contributed by atoms with Crippen molar-refractivity contribution >= 4 is 5.97 Å². The van der Waals surface area contributed by atoms with Gasteiger partial charge in [-0.1, -0.05) is 37.6 Å². The molecule has 1 aromatic rings. The molecule has 16 heavy (non-hydrogen) atoms. The Balaban J connectivity index is 2.82. The highest BCUT2D eigenvalue weighted by Crippen LogP contribution is 2.13. The normalized spacial score (nSPS) is 12.4. The van der Waals surface area contributed by atoms with Crippen molar-refractivity contribution in [1.29, 1.82) is 0 Å². The van der Waals surface area contributed by atoms with Crippen LogP contribution < -0.4 is 5.32 Å². The maximum Gasteiger partial charge on any atom is 0.321 e. The van der Waals surface area contributed by atoms with Crippen molar-refractivity contribution < 1.29 is 9.90 Å². The monoisotopic (exact) mass is 221 g/mol. The number of hydrogen-bond donors (Lipinski definition) is 2. The van der Waals surface area contributed by atoms with Crippen molar-refractivity contribution in [3.05, 3.63) is 35.4 Å². The molecule has 0 saturated heterocycles. The number of hydrogen-bond acceptors (Lipinski definition) is 2. The minimum atomic E-state index is -0.797. The van der Waals surface area contributed by atoms with E-state index in [1.54, 1.807) is 7.05 Å². The predicted octanol–water partition coefficient (Wildman–Crippen LogP) is 1.85. The summed E-state index contributed by atoms with van der Waals surface area (Å²) >= 11 is 0. The number of likely N-dealkylation sites (N-methyl/N-ethyl adjacent to an activating group) is 1. The Hall–Kier alpha value is -1.35. The standard InChI is InChI=1S/C13H19NO2/c1-3-6-10-7-4-5-8-11(10)9-12(14-2)13(15)16/h4-5,7-8,12,14H,3,6,9H2,1-2H3,(H,15,16). The van der Waals surface area contributed by atoms with Crippen LogP contribution in [0.5, 0.6) is 0 Å². The van der Waals surface area contributed by atoms with Crippen molar-refractivity contribution in [2.24, 2.45) is 0 Å². The Morgan fingerprint density at radius 2 is 2.00 bits per heavy atom. The molecule has 0 radical (unpaired) electrons. The molecule has 0 saturated carbocycles. The molecule has 3 heteroatoms. The highest BCUT2D eigenvalue weighted by molar-refractivity contribution is 5.73. The summed E-state index contributed by atoms with van der Waals surface area (Å²) in [5, 5.41) is 11.8. The number of aliphatic carboxylic acids is 1. The van der Waals surface area contributed by atoms with Gasteiger partial charge in [0.05, 0.1) is 0 Å². The third-order valence-corrected chi connectivity index (χ3v) is 2.71. The quantitative estimate of drug-likeness (QED) is 0.770. The summed E-state index contributed by atoms with van der Waals surface area (Å²) in [5.74, 6) is -0.797. The summed E-state index contributed by atoms with van der Waals surface area (Å²) in [6.45, 7) is 2.13. The van der Waals surface area contributed by atoms with E-state index in [0.717, 1.165) is 18.4 Å². The Kier molecular flexibility index (Phi) is 4.99. The van der Waals surface area contributed by atoms with E-state index in [9.17, 15) is 4.79 Å². The van der Waals surface area contributed by atoms with Crippen molar-refractivity contribution in [1.82, 2.24) is 5.32 Å². The van der Waals surface area contributed by atoms with Gasteiger partial charge in [0.25, 0.3) is 0 Å². The molecule has 2 N–H and O–H groups in total. The molecule has 1 atom stereocenters. The van der Waals surface area contributed by atoms with Crippen LogP contribution in [0.3, 0.4) is 0 Å². The fourth-order valence-electron chi connectivity index (χ4n) is 1.80. The lowest BCUT2D eigenvalue weighted by atomic mass is 9.97. The molecule has 0 amide bonds. The number of nitrogens with one attached hydrogen (secondary N) is 1. The maximum absolute atomic E-state index is 10.9.